The summed E-state index contributed by atoms with van der Waals surface area (Å²) in [5, 5.41) is 11.7. The number of nitrogens with one attached hydrogen (secondary N) is 1. The van der Waals surface area contributed by atoms with Crippen LogP contribution in [0, 0.1) is 0 Å². The van der Waals surface area contributed by atoms with Gasteiger partial charge in [0.1, 0.15) is 6.04 Å². The molecule has 0 radical (unpaired) electrons. The molecule has 4 heteroatoms. The van der Waals surface area contributed by atoms with Gasteiger partial charge in [-0.05, 0) is 19.4 Å². The third kappa shape index (κ3) is 5.94. The first-order chi connectivity index (χ1) is 6.76. The fraction of sp³-hybridized carbons (Fsp3) is 0.900. The van der Waals surface area contributed by atoms with E-state index in [1.807, 2.05) is 0 Å². The Kier molecular flexibility index (Phi) is 8.57. The van der Waals surface area contributed by atoms with Crippen LogP contribution in [0.15, 0.2) is 0 Å². The van der Waals surface area contributed by atoms with Crippen LogP contribution in [0.25, 0.3) is 0 Å². The van der Waals surface area contributed by atoms with Crippen LogP contribution in [0.1, 0.15) is 32.6 Å². The van der Waals surface area contributed by atoms with E-state index in [4.69, 9.17) is 5.11 Å². The van der Waals surface area contributed by atoms with Gasteiger partial charge in [-0.1, -0.05) is 19.8 Å². The SMILES string of the molecule is CCCCC(NCCCO)C(=O)OC. The molecule has 84 valence electrons. The minimum absolute atomic E-state index is 0.147. The maximum absolute atomic E-state index is 11.3. The fourth-order valence-corrected chi connectivity index (χ4v) is 1.21. The molecule has 0 saturated heterocycles. The summed E-state index contributed by atoms with van der Waals surface area (Å²) in [4.78, 5) is 11.3. The molecule has 0 saturated carbocycles. The van der Waals surface area contributed by atoms with Crippen molar-refractivity contribution in [2.75, 3.05) is 20.3 Å². The Morgan fingerprint density at radius 3 is 2.71 bits per heavy atom. The Hall–Kier alpha value is -0.610. The van der Waals surface area contributed by atoms with E-state index in [0.29, 0.717) is 13.0 Å². The lowest BCUT2D eigenvalue weighted by molar-refractivity contribution is -0.143. The van der Waals surface area contributed by atoms with Crippen molar-refractivity contribution in [1.82, 2.24) is 5.32 Å². The maximum Gasteiger partial charge on any atom is 0.322 e. The highest BCUT2D eigenvalue weighted by atomic mass is 16.5. The Balaban J connectivity index is 3.78. The third-order valence-corrected chi connectivity index (χ3v) is 2.06. The molecular weight excluding hydrogens is 182 g/mol. The molecule has 0 aromatic heterocycles. The number of hydrogen-bond acceptors (Lipinski definition) is 4. The van der Waals surface area contributed by atoms with Crippen LogP contribution in [0.4, 0.5) is 0 Å². The van der Waals surface area contributed by atoms with Gasteiger partial charge in [-0.15, -0.1) is 0 Å². The summed E-state index contributed by atoms with van der Waals surface area (Å²) < 4.78 is 4.68. The summed E-state index contributed by atoms with van der Waals surface area (Å²) in [5.41, 5.74) is 0. The number of rotatable bonds is 8. The maximum atomic E-state index is 11.3. The topological polar surface area (TPSA) is 58.6 Å². The average molecular weight is 203 g/mol. The van der Waals surface area contributed by atoms with Crippen molar-refractivity contribution in [2.45, 2.75) is 38.6 Å². The van der Waals surface area contributed by atoms with E-state index >= 15 is 0 Å². The molecule has 0 amide bonds. The Bertz CT molecular complexity index is 150. The number of carbonyl (C=O) groups is 1. The summed E-state index contributed by atoms with van der Waals surface area (Å²) >= 11 is 0. The highest BCUT2D eigenvalue weighted by molar-refractivity contribution is 5.75. The van der Waals surface area contributed by atoms with Crippen LogP contribution in [-0.4, -0.2) is 37.4 Å². The van der Waals surface area contributed by atoms with Gasteiger partial charge in [-0.2, -0.15) is 0 Å². The highest BCUT2D eigenvalue weighted by Gasteiger charge is 2.16. The molecule has 14 heavy (non-hydrogen) atoms. The standard InChI is InChI=1S/C10H21NO3/c1-3-4-6-9(10(13)14-2)11-7-5-8-12/h9,11-12H,3-8H2,1-2H3. The summed E-state index contributed by atoms with van der Waals surface area (Å²) in [6.07, 6.45) is 3.54. The van der Waals surface area contributed by atoms with E-state index in [1.54, 1.807) is 0 Å². The van der Waals surface area contributed by atoms with E-state index in [-0.39, 0.29) is 18.6 Å². The zero-order valence-corrected chi connectivity index (χ0v) is 9.08. The Morgan fingerprint density at radius 1 is 1.50 bits per heavy atom. The number of esters is 1. The summed E-state index contributed by atoms with van der Waals surface area (Å²) in [6.45, 7) is 2.89. The largest absolute Gasteiger partial charge is 0.468 e. The van der Waals surface area contributed by atoms with Gasteiger partial charge in [-0.25, -0.2) is 0 Å². The predicted octanol–water partition coefficient (Wildman–Crippen LogP) is 0.690. The molecule has 0 spiro atoms. The van der Waals surface area contributed by atoms with Crippen LogP contribution in [0.3, 0.4) is 0 Å². The lowest BCUT2D eigenvalue weighted by Gasteiger charge is -2.15. The van der Waals surface area contributed by atoms with Crippen molar-refractivity contribution in [3.8, 4) is 0 Å². The van der Waals surface area contributed by atoms with Crippen LogP contribution < -0.4 is 5.32 Å². The van der Waals surface area contributed by atoms with E-state index in [2.05, 4.69) is 17.0 Å². The second-order valence-electron chi connectivity index (χ2n) is 3.25. The van der Waals surface area contributed by atoms with Crippen molar-refractivity contribution in [2.24, 2.45) is 0 Å². The lowest BCUT2D eigenvalue weighted by Crippen LogP contribution is -2.38. The van der Waals surface area contributed by atoms with E-state index in [9.17, 15) is 4.79 Å². The molecular formula is C10H21NO3. The second kappa shape index (κ2) is 8.97. The van der Waals surface area contributed by atoms with Gasteiger partial charge >= 0.3 is 5.97 Å². The summed E-state index contributed by atoms with van der Waals surface area (Å²) in [6, 6.07) is -0.216. The molecule has 4 nitrogen and oxygen atoms in total. The number of aliphatic hydroxyl groups is 1. The van der Waals surface area contributed by atoms with Gasteiger partial charge in [0.25, 0.3) is 0 Å². The summed E-state index contributed by atoms with van der Waals surface area (Å²) in [7, 11) is 1.40. The Labute approximate surface area is 85.6 Å². The molecule has 2 N–H and O–H groups in total. The fourth-order valence-electron chi connectivity index (χ4n) is 1.21. The normalized spacial score (nSPS) is 12.5. The van der Waals surface area contributed by atoms with E-state index in [0.717, 1.165) is 19.3 Å². The van der Waals surface area contributed by atoms with Gasteiger partial charge < -0.3 is 15.2 Å². The highest BCUT2D eigenvalue weighted by Crippen LogP contribution is 2.02. The number of ether oxygens (including phenoxy) is 1. The molecule has 0 aromatic rings. The van der Waals surface area contributed by atoms with Gasteiger partial charge in [0.15, 0.2) is 0 Å². The van der Waals surface area contributed by atoms with Crippen molar-refractivity contribution in [3.05, 3.63) is 0 Å². The van der Waals surface area contributed by atoms with Crippen LogP contribution >= 0.6 is 0 Å². The zero-order chi connectivity index (χ0) is 10.8. The molecule has 0 fully saturated rings. The zero-order valence-electron chi connectivity index (χ0n) is 9.08. The monoisotopic (exact) mass is 203 g/mol. The molecule has 0 bridgehead atoms. The first kappa shape index (κ1) is 13.4. The Morgan fingerprint density at radius 2 is 2.21 bits per heavy atom. The third-order valence-electron chi connectivity index (χ3n) is 2.06. The minimum Gasteiger partial charge on any atom is -0.468 e. The number of aliphatic hydroxyl groups excluding tert-OH is 1. The minimum atomic E-state index is -0.216. The number of unbranched alkanes of at least 4 members (excludes halogenated alkanes) is 1. The average Bonchev–Trinajstić information content (AvgIpc) is 2.22. The van der Waals surface area contributed by atoms with Crippen molar-refractivity contribution >= 4 is 5.97 Å². The van der Waals surface area contributed by atoms with E-state index < -0.39 is 0 Å². The summed E-state index contributed by atoms with van der Waals surface area (Å²) in [5.74, 6) is -0.212. The van der Waals surface area contributed by atoms with Crippen LogP contribution in [0.5, 0.6) is 0 Å². The molecule has 0 aliphatic heterocycles. The second-order valence-corrected chi connectivity index (χ2v) is 3.25. The first-order valence-corrected chi connectivity index (χ1v) is 5.18. The number of hydrogen-bond donors (Lipinski definition) is 2. The number of carbonyl (C=O) groups excluding carboxylic acids is 1. The molecule has 0 aliphatic carbocycles. The predicted molar refractivity (Wildman–Crippen MR) is 55.0 cm³/mol. The van der Waals surface area contributed by atoms with Crippen LogP contribution in [-0.2, 0) is 9.53 Å². The smallest absolute Gasteiger partial charge is 0.322 e. The van der Waals surface area contributed by atoms with Crippen molar-refractivity contribution < 1.29 is 14.6 Å². The van der Waals surface area contributed by atoms with Gasteiger partial charge in [-0.3, -0.25) is 4.79 Å². The van der Waals surface area contributed by atoms with Gasteiger partial charge in [0.05, 0.1) is 7.11 Å². The first-order valence-electron chi connectivity index (χ1n) is 5.18. The van der Waals surface area contributed by atoms with Crippen molar-refractivity contribution in [3.63, 3.8) is 0 Å². The lowest BCUT2D eigenvalue weighted by atomic mass is 10.1. The van der Waals surface area contributed by atoms with Crippen LogP contribution in [0.2, 0.25) is 0 Å². The number of methoxy groups -OCH3 is 1. The molecule has 0 aromatic carbocycles. The molecule has 0 heterocycles. The molecule has 0 rings (SSSR count). The van der Waals surface area contributed by atoms with Gasteiger partial charge in [0.2, 0.25) is 0 Å². The van der Waals surface area contributed by atoms with Gasteiger partial charge in [0, 0.05) is 6.61 Å². The van der Waals surface area contributed by atoms with E-state index in [1.165, 1.54) is 7.11 Å². The molecule has 0 aliphatic rings. The quantitative estimate of drug-likeness (QED) is 0.450. The van der Waals surface area contributed by atoms with Crippen molar-refractivity contribution in [1.29, 1.82) is 0 Å². The molecule has 1 unspecified atom stereocenters. The molecule has 1 atom stereocenters.